The van der Waals surface area contributed by atoms with Crippen molar-refractivity contribution in [1.29, 1.82) is 0 Å². The number of nitrogens with one attached hydrogen (secondary N) is 2. The van der Waals surface area contributed by atoms with Gasteiger partial charge in [0, 0.05) is 6.42 Å². The molecule has 0 saturated carbocycles. The molecule has 0 aromatic heterocycles. The summed E-state index contributed by atoms with van der Waals surface area (Å²) >= 11 is 0. The predicted molar refractivity (Wildman–Crippen MR) is 114 cm³/mol. The molecule has 4 N–H and O–H groups in total. The van der Waals surface area contributed by atoms with Crippen LogP contribution in [0.4, 0.5) is 4.79 Å². The molecule has 0 aliphatic rings. The minimum absolute atomic E-state index is 0.0900. The predicted octanol–water partition coefficient (Wildman–Crippen LogP) is 2.68. The highest BCUT2D eigenvalue weighted by Crippen LogP contribution is 2.07. The number of nitrogens with two attached hydrogens (primary N) is 1. The molecule has 2 rings (SSSR count). The van der Waals surface area contributed by atoms with Crippen molar-refractivity contribution in [3.63, 3.8) is 0 Å². The van der Waals surface area contributed by atoms with Crippen LogP contribution in [0, 0.1) is 0 Å². The smallest absolute Gasteiger partial charge is 0.408 e. The summed E-state index contributed by atoms with van der Waals surface area (Å²) in [6, 6.07) is 16.9. The van der Waals surface area contributed by atoms with Crippen molar-refractivity contribution in [2.75, 3.05) is 0 Å². The molecular formula is C23H29N3O4. The van der Waals surface area contributed by atoms with Gasteiger partial charge in [-0.25, -0.2) is 4.79 Å². The van der Waals surface area contributed by atoms with E-state index in [1.807, 2.05) is 67.6 Å². The highest BCUT2D eigenvalue weighted by atomic mass is 16.5. The summed E-state index contributed by atoms with van der Waals surface area (Å²) in [5, 5.41) is 5.28. The number of ether oxygens (including phenoxy) is 1. The number of alkyl carbamates (subject to hydrolysis) is 1. The molecule has 0 radical (unpaired) electrons. The van der Waals surface area contributed by atoms with Gasteiger partial charge >= 0.3 is 6.09 Å². The number of hydrogen-bond acceptors (Lipinski definition) is 4. The molecule has 0 aliphatic heterocycles. The normalized spacial score (nSPS) is 12.4. The summed E-state index contributed by atoms with van der Waals surface area (Å²) in [4.78, 5) is 36.9. The number of amides is 3. The zero-order valence-corrected chi connectivity index (χ0v) is 17.2. The summed E-state index contributed by atoms with van der Waals surface area (Å²) in [5.74, 6) is -1.07. The van der Waals surface area contributed by atoms with Crippen LogP contribution in [-0.4, -0.2) is 30.0 Å². The first-order valence-corrected chi connectivity index (χ1v) is 10.1. The highest BCUT2D eigenvalue weighted by molar-refractivity contribution is 5.90. The van der Waals surface area contributed by atoms with Crippen LogP contribution in [0.2, 0.25) is 0 Å². The van der Waals surface area contributed by atoms with Crippen molar-refractivity contribution in [3.05, 3.63) is 71.8 Å². The molecule has 0 heterocycles. The average Bonchev–Trinajstić information content (AvgIpc) is 2.76. The average molecular weight is 412 g/mol. The number of benzene rings is 2. The Bertz CT molecular complexity index is 812. The quantitative estimate of drug-likeness (QED) is 0.528. The number of unbranched alkanes of at least 4 members (excludes halogenated alkanes) is 1. The van der Waals surface area contributed by atoms with Gasteiger partial charge in [-0.2, -0.15) is 0 Å². The first kappa shape index (κ1) is 22.9. The molecule has 0 aliphatic carbocycles. The second kappa shape index (κ2) is 12.3. The largest absolute Gasteiger partial charge is 0.445 e. The van der Waals surface area contributed by atoms with Gasteiger partial charge in [-0.3, -0.25) is 9.59 Å². The third-order valence-corrected chi connectivity index (χ3v) is 4.61. The van der Waals surface area contributed by atoms with Gasteiger partial charge in [0.2, 0.25) is 11.8 Å². The second-order valence-corrected chi connectivity index (χ2v) is 7.05. The standard InChI is InChI=1S/C23H29N3O4/c1-2-3-14-19(21(24)27)25-22(28)20(15-17-10-6-4-7-11-17)26-23(29)30-16-18-12-8-5-9-13-18/h4-13,19-20H,2-3,14-16H2,1H3,(H2,24,27)(H,25,28)(H,26,29). The monoisotopic (exact) mass is 411 g/mol. The maximum Gasteiger partial charge on any atom is 0.408 e. The minimum atomic E-state index is -0.904. The topological polar surface area (TPSA) is 111 Å². The van der Waals surface area contributed by atoms with E-state index in [4.69, 9.17) is 10.5 Å². The summed E-state index contributed by atoms with van der Waals surface area (Å²) < 4.78 is 5.24. The molecule has 160 valence electrons. The number of primary amides is 1. The first-order valence-electron chi connectivity index (χ1n) is 10.1. The number of rotatable bonds is 11. The summed E-state index contributed by atoms with van der Waals surface area (Å²) in [7, 11) is 0. The molecule has 2 aromatic carbocycles. The third-order valence-electron chi connectivity index (χ3n) is 4.61. The molecule has 0 fully saturated rings. The van der Waals surface area contributed by atoms with Crippen molar-refractivity contribution in [2.45, 2.75) is 51.3 Å². The van der Waals surface area contributed by atoms with Crippen molar-refractivity contribution in [2.24, 2.45) is 5.73 Å². The van der Waals surface area contributed by atoms with E-state index >= 15 is 0 Å². The number of hydrogen-bond donors (Lipinski definition) is 3. The second-order valence-electron chi connectivity index (χ2n) is 7.05. The van der Waals surface area contributed by atoms with Crippen LogP contribution in [-0.2, 0) is 27.4 Å². The van der Waals surface area contributed by atoms with Crippen LogP contribution in [0.5, 0.6) is 0 Å². The Kier molecular flexibility index (Phi) is 9.37. The van der Waals surface area contributed by atoms with Gasteiger partial charge in [-0.15, -0.1) is 0 Å². The lowest BCUT2D eigenvalue weighted by Gasteiger charge is -2.22. The van der Waals surface area contributed by atoms with Gasteiger partial charge < -0.3 is 21.1 Å². The SMILES string of the molecule is CCCCC(NC(=O)C(Cc1ccccc1)NC(=O)OCc1ccccc1)C(N)=O. The number of carbonyl (C=O) groups is 3. The maximum absolute atomic E-state index is 12.8. The molecule has 2 aromatic rings. The van der Waals surface area contributed by atoms with Crippen molar-refractivity contribution >= 4 is 17.9 Å². The molecule has 2 atom stereocenters. The van der Waals surface area contributed by atoms with Gasteiger partial charge in [0.15, 0.2) is 0 Å². The Balaban J connectivity index is 2.04. The third kappa shape index (κ3) is 7.95. The summed E-state index contributed by atoms with van der Waals surface area (Å²) in [5.41, 5.74) is 7.13. The maximum atomic E-state index is 12.8. The molecule has 0 saturated heterocycles. The van der Waals surface area contributed by atoms with E-state index in [-0.39, 0.29) is 13.0 Å². The Hall–Kier alpha value is -3.35. The van der Waals surface area contributed by atoms with Crippen LogP contribution < -0.4 is 16.4 Å². The molecular weight excluding hydrogens is 382 g/mol. The van der Waals surface area contributed by atoms with Gasteiger partial charge in [0.05, 0.1) is 0 Å². The lowest BCUT2D eigenvalue weighted by atomic mass is 10.0. The lowest BCUT2D eigenvalue weighted by molar-refractivity contribution is -0.128. The van der Waals surface area contributed by atoms with Crippen molar-refractivity contribution in [1.82, 2.24) is 10.6 Å². The van der Waals surface area contributed by atoms with Crippen LogP contribution in [0.15, 0.2) is 60.7 Å². The Morgan fingerprint density at radius 1 is 0.900 bits per heavy atom. The first-order chi connectivity index (χ1) is 14.5. The molecule has 0 spiro atoms. The van der Waals surface area contributed by atoms with Crippen LogP contribution in [0.25, 0.3) is 0 Å². The zero-order chi connectivity index (χ0) is 21.8. The molecule has 7 nitrogen and oxygen atoms in total. The van der Waals surface area contributed by atoms with E-state index in [0.717, 1.165) is 24.0 Å². The van der Waals surface area contributed by atoms with Crippen LogP contribution in [0.3, 0.4) is 0 Å². The van der Waals surface area contributed by atoms with Gasteiger partial charge in [0.1, 0.15) is 18.7 Å². The van der Waals surface area contributed by atoms with E-state index in [1.54, 1.807) is 0 Å². The Labute approximate surface area is 177 Å². The Morgan fingerprint density at radius 2 is 1.50 bits per heavy atom. The van der Waals surface area contributed by atoms with Crippen LogP contribution >= 0.6 is 0 Å². The van der Waals surface area contributed by atoms with Gasteiger partial charge in [-0.1, -0.05) is 80.4 Å². The zero-order valence-electron chi connectivity index (χ0n) is 17.2. The van der Waals surface area contributed by atoms with Gasteiger partial charge in [-0.05, 0) is 17.5 Å². The summed E-state index contributed by atoms with van der Waals surface area (Å²) in [6.45, 7) is 2.08. The van der Waals surface area contributed by atoms with Crippen molar-refractivity contribution in [3.8, 4) is 0 Å². The summed E-state index contributed by atoms with van der Waals surface area (Å²) in [6.07, 6.45) is 1.63. The molecule has 0 bridgehead atoms. The fraction of sp³-hybridized carbons (Fsp3) is 0.348. The van der Waals surface area contributed by atoms with E-state index < -0.39 is 30.0 Å². The molecule has 30 heavy (non-hydrogen) atoms. The van der Waals surface area contributed by atoms with E-state index in [2.05, 4.69) is 10.6 Å². The van der Waals surface area contributed by atoms with Crippen molar-refractivity contribution < 1.29 is 19.1 Å². The highest BCUT2D eigenvalue weighted by Gasteiger charge is 2.26. The number of carbonyl (C=O) groups excluding carboxylic acids is 3. The van der Waals surface area contributed by atoms with E-state index in [0.29, 0.717) is 6.42 Å². The minimum Gasteiger partial charge on any atom is -0.445 e. The molecule has 2 unspecified atom stereocenters. The van der Waals surface area contributed by atoms with Gasteiger partial charge in [0.25, 0.3) is 0 Å². The molecule has 3 amide bonds. The Morgan fingerprint density at radius 3 is 2.07 bits per heavy atom. The van der Waals surface area contributed by atoms with Crippen LogP contribution in [0.1, 0.15) is 37.3 Å². The van der Waals surface area contributed by atoms with E-state index in [9.17, 15) is 14.4 Å². The molecule has 7 heteroatoms. The fourth-order valence-electron chi connectivity index (χ4n) is 2.93. The lowest BCUT2D eigenvalue weighted by Crippen LogP contribution is -2.53. The fourth-order valence-corrected chi connectivity index (χ4v) is 2.93. The van der Waals surface area contributed by atoms with E-state index in [1.165, 1.54) is 0 Å².